The number of sulfonamides is 1. The molecule has 2 rings (SSSR count). The molecule has 0 bridgehead atoms. The molecule has 0 saturated carbocycles. The summed E-state index contributed by atoms with van der Waals surface area (Å²) in [5.41, 5.74) is 7.71. The first-order valence-electron chi connectivity index (χ1n) is 9.67. The van der Waals surface area contributed by atoms with E-state index in [1.807, 2.05) is 19.1 Å². The van der Waals surface area contributed by atoms with Gasteiger partial charge < -0.3 is 11.1 Å². The number of rotatable bonds is 8. The van der Waals surface area contributed by atoms with Gasteiger partial charge in [0.15, 0.2) is 0 Å². The van der Waals surface area contributed by atoms with Crippen molar-refractivity contribution in [3.63, 3.8) is 0 Å². The van der Waals surface area contributed by atoms with Gasteiger partial charge in [0.25, 0.3) is 0 Å². The average Bonchev–Trinajstić information content (AvgIpc) is 2.65. The Labute approximate surface area is 178 Å². The van der Waals surface area contributed by atoms with Gasteiger partial charge in [-0.1, -0.05) is 50.6 Å². The van der Waals surface area contributed by atoms with Crippen molar-refractivity contribution in [1.82, 2.24) is 4.72 Å². The first-order valence-corrected chi connectivity index (χ1v) is 11.2. The molecule has 0 aliphatic carbocycles. The smallest absolute Gasteiger partial charge is 0.242 e. The predicted octanol–water partition coefficient (Wildman–Crippen LogP) is 2.84. The third kappa shape index (κ3) is 6.67. The number of carbonyl (C=O) groups is 2. The SMILES string of the molecule is Cc1ccc(S(=O)(=O)NC(CCC(N)=O)C(=O)Nc2ccc(C(C)(C)C)cc2)cc1. The van der Waals surface area contributed by atoms with E-state index in [-0.39, 0.29) is 23.2 Å². The Morgan fingerprint density at radius 2 is 1.57 bits per heavy atom. The van der Waals surface area contributed by atoms with Gasteiger partial charge in [0.1, 0.15) is 6.04 Å². The Kier molecular flexibility index (Phi) is 7.39. The first kappa shape index (κ1) is 23.6. The normalized spacial score (nSPS) is 12.9. The fraction of sp³-hybridized carbons (Fsp3) is 0.364. The van der Waals surface area contributed by atoms with Gasteiger partial charge in [-0.3, -0.25) is 9.59 Å². The van der Waals surface area contributed by atoms with E-state index in [9.17, 15) is 18.0 Å². The molecule has 2 amide bonds. The second-order valence-electron chi connectivity index (χ2n) is 8.31. The number of hydrogen-bond acceptors (Lipinski definition) is 4. The summed E-state index contributed by atoms with van der Waals surface area (Å²) in [6.45, 7) is 8.10. The number of aryl methyl sites for hydroxylation is 1. The van der Waals surface area contributed by atoms with Crippen LogP contribution in [-0.2, 0) is 25.0 Å². The van der Waals surface area contributed by atoms with Gasteiger partial charge in [0, 0.05) is 12.1 Å². The number of anilines is 1. The van der Waals surface area contributed by atoms with Crippen molar-refractivity contribution < 1.29 is 18.0 Å². The monoisotopic (exact) mass is 431 g/mol. The maximum Gasteiger partial charge on any atom is 0.242 e. The van der Waals surface area contributed by atoms with Crippen LogP contribution in [0, 0.1) is 6.92 Å². The maximum atomic E-state index is 12.8. The predicted molar refractivity (Wildman–Crippen MR) is 117 cm³/mol. The minimum atomic E-state index is -3.95. The maximum absolute atomic E-state index is 12.8. The molecular formula is C22H29N3O4S. The van der Waals surface area contributed by atoms with E-state index in [1.165, 1.54) is 12.1 Å². The van der Waals surface area contributed by atoms with Crippen LogP contribution in [-0.4, -0.2) is 26.3 Å². The van der Waals surface area contributed by atoms with Gasteiger partial charge in [0.05, 0.1) is 4.90 Å². The molecule has 0 radical (unpaired) electrons. The molecule has 0 aromatic heterocycles. The van der Waals surface area contributed by atoms with Crippen molar-refractivity contribution in [2.75, 3.05) is 5.32 Å². The quantitative estimate of drug-likeness (QED) is 0.595. The second kappa shape index (κ2) is 9.40. The Balaban J connectivity index is 2.19. The van der Waals surface area contributed by atoms with Crippen LogP contribution in [0.25, 0.3) is 0 Å². The van der Waals surface area contributed by atoms with Crippen LogP contribution in [0.15, 0.2) is 53.4 Å². The molecule has 0 saturated heterocycles. The molecule has 0 aliphatic heterocycles. The van der Waals surface area contributed by atoms with E-state index in [1.54, 1.807) is 24.3 Å². The van der Waals surface area contributed by atoms with Crippen molar-refractivity contribution in [3.8, 4) is 0 Å². The first-order chi connectivity index (χ1) is 13.9. The number of benzene rings is 2. The fourth-order valence-corrected chi connectivity index (χ4v) is 4.02. The highest BCUT2D eigenvalue weighted by Gasteiger charge is 2.26. The van der Waals surface area contributed by atoms with Crippen LogP contribution >= 0.6 is 0 Å². The molecule has 0 heterocycles. The molecule has 8 heteroatoms. The molecule has 7 nitrogen and oxygen atoms in total. The number of amides is 2. The minimum absolute atomic E-state index is 0.0315. The van der Waals surface area contributed by atoms with Crippen LogP contribution in [0.5, 0.6) is 0 Å². The van der Waals surface area contributed by atoms with E-state index >= 15 is 0 Å². The van der Waals surface area contributed by atoms with Gasteiger partial charge >= 0.3 is 0 Å². The summed E-state index contributed by atoms with van der Waals surface area (Å²) in [6.07, 6.45) is -0.177. The third-order valence-corrected chi connectivity index (χ3v) is 6.13. The molecule has 162 valence electrons. The lowest BCUT2D eigenvalue weighted by molar-refractivity contribution is -0.119. The number of nitrogens with one attached hydrogen (secondary N) is 2. The topological polar surface area (TPSA) is 118 Å². The van der Waals surface area contributed by atoms with Gasteiger partial charge in [0.2, 0.25) is 21.8 Å². The van der Waals surface area contributed by atoms with E-state index < -0.39 is 27.9 Å². The fourth-order valence-electron chi connectivity index (χ4n) is 2.79. The lowest BCUT2D eigenvalue weighted by Gasteiger charge is -2.20. The highest BCUT2D eigenvalue weighted by molar-refractivity contribution is 7.89. The summed E-state index contributed by atoms with van der Waals surface area (Å²) in [7, 11) is -3.95. The van der Waals surface area contributed by atoms with E-state index in [0.29, 0.717) is 5.69 Å². The molecular weight excluding hydrogens is 402 g/mol. The van der Waals surface area contributed by atoms with Crippen molar-refractivity contribution in [2.45, 2.75) is 56.9 Å². The van der Waals surface area contributed by atoms with E-state index in [2.05, 4.69) is 30.8 Å². The van der Waals surface area contributed by atoms with Crippen LogP contribution < -0.4 is 15.8 Å². The number of nitrogens with two attached hydrogens (primary N) is 1. The third-order valence-electron chi connectivity index (χ3n) is 4.64. The van der Waals surface area contributed by atoms with Gasteiger partial charge in [-0.05, 0) is 48.6 Å². The summed E-state index contributed by atoms with van der Waals surface area (Å²) in [6, 6.07) is 12.5. The summed E-state index contributed by atoms with van der Waals surface area (Å²) in [4.78, 5) is 24.0. The number of carbonyl (C=O) groups excluding carboxylic acids is 2. The van der Waals surface area contributed by atoms with Gasteiger partial charge in [-0.15, -0.1) is 0 Å². The summed E-state index contributed by atoms with van der Waals surface area (Å²) in [5.74, 6) is -1.17. The van der Waals surface area contributed by atoms with Crippen molar-refractivity contribution in [2.24, 2.45) is 5.73 Å². The zero-order chi connectivity index (χ0) is 22.5. The molecule has 0 spiro atoms. The zero-order valence-corrected chi connectivity index (χ0v) is 18.5. The van der Waals surface area contributed by atoms with Gasteiger partial charge in [-0.25, -0.2) is 8.42 Å². The molecule has 0 aliphatic rings. The van der Waals surface area contributed by atoms with Crippen LogP contribution in [0.1, 0.15) is 44.7 Å². The lowest BCUT2D eigenvalue weighted by atomic mass is 9.87. The molecule has 0 fully saturated rings. The largest absolute Gasteiger partial charge is 0.370 e. The zero-order valence-electron chi connectivity index (χ0n) is 17.7. The average molecular weight is 432 g/mol. The summed E-state index contributed by atoms with van der Waals surface area (Å²) >= 11 is 0. The molecule has 1 unspecified atom stereocenters. The van der Waals surface area contributed by atoms with E-state index in [4.69, 9.17) is 5.73 Å². The highest BCUT2D eigenvalue weighted by Crippen LogP contribution is 2.23. The molecule has 1 atom stereocenters. The minimum Gasteiger partial charge on any atom is -0.370 e. The molecule has 30 heavy (non-hydrogen) atoms. The van der Waals surface area contributed by atoms with Crippen LogP contribution in [0.4, 0.5) is 5.69 Å². The summed E-state index contributed by atoms with van der Waals surface area (Å²) in [5, 5.41) is 2.71. The number of hydrogen-bond donors (Lipinski definition) is 3. The molecule has 2 aromatic rings. The Morgan fingerprint density at radius 3 is 2.07 bits per heavy atom. The second-order valence-corrected chi connectivity index (χ2v) is 10.0. The highest BCUT2D eigenvalue weighted by atomic mass is 32.2. The van der Waals surface area contributed by atoms with Crippen molar-refractivity contribution in [1.29, 1.82) is 0 Å². The number of primary amides is 1. The molecule has 2 aromatic carbocycles. The van der Waals surface area contributed by atoms with E-state index in [0.717, 1.165) is 11.1 Å². The Hall–Kier alpha value is -2.71. The van der Waals surface area contributed by atoms with Crippen molar-refractivity contribution >= 4 is 27.5 Å². The van der Waals surface area contributed by atoms with Crippen molar-refractivity contribution in [3.05, 3.63) is 59.7 Å². The van der Waals surface area contributed by atoms with Gasteiger partial charge in [-0.2, -0.15) is 4.72 Å². The molecule has 4 N–H and O–H groups in total. The van der Waals surface area contributed by atoms with Crippen LogP contribution in [0.3, 0.4) is 0 Å². The Bertz CT molecular complexity index is 992. The summed E-state index contributed by atoms with van der Waals surface area (Å²) < 4.78 is 27.8. The standard InChI is InChI=1S/C22H29N3O4S/c1-15-5-11-18(12-6-15)30(28,29)25-19(13-14-20(23)26)21(27)24-17-9-7-16(8-10-17)22(2,3)4/h5-12,19,25H,13-14H2,1-4H3,(H2,23,26)(H,24,27). The van der Waals surface area contributed by atoms with Crippen LogP contribution in [0.2, 0.25) is 0 Å². The Morgan fingerprint density at radius 1 is 1.00 bits per heavy atom. The lowest BCUT2D eigenvalue weighted by Crippen LogP contribution is -2.44.